The Labute approximate surface area is 166 Å². The van der Waals surface area contributed by atoms with Gasteiger partial charge in [-0.1, -0.05) is 41.6 Å². The van der Waals surface area contributed by atoms with E-state index in [4.69, 9.17) is 11.6 Å². The molecule has 2 heterocycles. The van der Waals surface area contributed by atoms with Crippen LogP contribution in [0.25, 0.3) is 22.1 Å². The lowest BCUT2D eigenvalue weighted by atomic mass is 10.2. The summed E-state index contributed by atoms with van der Waals surface area (Å²) >= 11 is 6.85. The lowest BCUT2D eigenvalue weighted by Gasteiger charge is -2.05. The molecule has 0 saturated carbocycles. The van der Waals surface area contributed by atoms with Crippen LogP contribution in [0.2, 0.25) is 5.02 Å². The number of nitro benzene ring substituents is 1. The Morgan fingerprint density at radius 3 is 2.89 bits per heavy atom. The number of thioether (sulfide) groups is 1. The molecule has 0 bridgehead atoms. The van der Waals surface area contributed by atoms with Crippen molar-refractivity contribution in [2.45, 2.75) is 5.16 Å². The number of aromatic amines is 1. The number of H-pyrrole nitrogens is 1. The van der Waals surface area contributed by atoms with Gasteiger partial charge in [-0.15, -0.1) is 10.2 Å². The van der Waals surface area contributed by atoms with E-state index in [1.54, 1.807) is 0 Å². The van der Waals surface area contributed by atoms with Crippen molar-refractivity contribution in [1.82, 2.24) is 20.2 Å². The summed E-state index contributed by atoms with van der Waals surface area (Å²) in [6.07, 6.45) is 0. The molecule has 2 aromatic heterocycles. The van der Waals surface area contributed by atoms with Crippen molar-refractivity contribution in [3.63, 3.8) is 0 Å². The molecular formula is C17H11ClN6O3S. The van der Waals surface area contributed by atoms with E-state index in [0.717, 1.165) is 22.7 Å². The molecule has 140 valence electrons. The van der Waals surface area contributed by atoms with Gasteiger partial charge in [-0.3, -0.25) is 14.9 Å². The van der Waals surface area contributed by atoms with Gasteiger partial charge < -0.3 is 10.3 Å². The average Bonchev–Trinajstić information content (AvgIpc) is 3.05. The van der Waals surface area contributed by atoms with E-state index in [1.807, 2.05) is 24.3 Å². The van der Waals surface area contributed by atoms with Crippen LogP contribution < -0.4 is 5.32 Å². The standard InChI is InChI=1S/C17H11ClN6O3S/c18-9-5-6-12(13(7-9)24(26)27)19-14(25)8-28-17-21-16-15(22-23-17)10-3-1-2-4-11(10)20-16/h1-7H,8H2,(H,19,25)(H,20,21,23). The van der Waals surface area contributed by atoms with Crippen molar-refractivity contribution in [3.05, 3.63) is 57.6 Å². The van der Waals surface area contributed by atoms with Gasteiger partial charge in [0.2, 0.25) is 11.1 Å². The molecule has 0 unspecified atom stereocenters. The monoisotopic (exact) mass is 414 g/mol. The Bertz CT molecular complexity index is 1230. The zero-order chi connectivity index (χ0) is 19.7. The average molecular weight is 415 g/mol. The zero-order valence-electron chi connectivity index (χ0n) is 14.0. The number of anilines is 1. The second kappa shape index (κ2) is 7.41. The maximum atomic E-state index is 12.2. The van der Waals surface area contributed by atoms with Gasteiger partial charge in [-0.05, 0) is 18.2 Å². The number of carbonyl (C=O) groups excluding carboxylic acids is 1. The number of aromatic nitrogens is 4. The van der Waals surface area contributed by atoms with Crippen LogP contribution in [0.4, 0.5) is 11.4 Å². The minimum Gasteiger partial charge on any atom is -0.338 e. The van der Waals surface area contributed by atoms with Gasteiger partial charge in [0.1, 0.15) is 11.2 Å². The quantitative estimate of drug-likeness (QED) is 0.289. The molecule has 2 aromatic carbocycles. The van der Waals surface area contributed by atoms with Crippen LogP contribution >= 0.6 is 23.4 Å². The maximum Gasteiger partial charge on any atom is 0.294 e. The molecule has 0 saturated heterocycles. The molecule has 4 aromatic rings. The number of nitrogens with one attached hydrogen (secondary N) is 2. The Kier molecular flexibility index (Phi) is 4.80. The highest BCUT2D eigenvalue weighted by Gasteiger charge is 2.17. The topological polar surface area (TPSA) is 127 Å². The highest BCUT2D eigenvalue weighted by Crippen LogP contribution is 2.28. The lowest BCUT2D eigenvalue weighted by Crippen LogP contribution is -2.15. The van der Waals surface area contributed by atoms with Gasteiger partial charge in [0.25, 0.3) is 5.69 Å². The van der Waals surface area contributed by atoms with E-state index in [0.29, 0.717) is 16.3 Å². The molecular weight excluding hydrogens is 404 g/mol. The van der Waals surface area contributed by atoms with Crippen molar-refractivity contribution in [2.24, 2.45) is 0 Å². The minimum atomic E-state index is -0.606. The van der Waals surface area contributed by atoms with Gasteiger partial charge in [0.15, 0.2) is 5.65 Å². The van der Waals surface area contributed by atoms with E-state index in [9.17, 15) is 14.9 Å². The summed E-state index contributed by atoms with van der Waals surface area (Å²) in [5, 5.41) is 23.3. The van der Waals surface area contributed by atoms with Gasteiger partial charge in [-0.2, -0.15) is 0 Å². The Hall–Kier alpha value is -3.24. The number of fused-ring (bicyclic) bond motifs is 3. The van der Waals surface area contributed by atoms with E-state index in [-0.39, 0.29) is 22.2 Å². The molecule has 0 atom stereocenters. The van der Waals surface area contributed by atoms with E-state index >= 15 is 0 Å². The van der Waals surface area contributed by atoms with Gasteiger partial charge >= 0.3 is 0 Å². The first-order valence-corrected chi connectivity index (χ1v) is 9.35. The molecule has 0 aliphatic rings. The molecule has 11 heteroatoms. The lowest BCUT2D eigenvalue weighted by molar-refractivity contribution is -0.383. The first-order chi connectivity index (χ1) is 13.5. The number of nitro groups is 1. The van der Waals surface area contributed by atoms with Crippen LogP contribution in [0.5, 0.6) is 0 Å². The van der Waals surface area contributed by atoms with Gasteiger partial charge in [0, 0.05) is 22.0 Å². The minimum absolute atomic E-state index is 0.0345. The van der Waals surface area contributed by atoms with Crippen molar-refractivity contribution >= 4 is 62.7 Å². The summed E-state index contributed by atoms with van der Waals surface area (Å²) in [5.41, 5.74) is 1.93. The number of hydrogen-bond donors (Lipinski definition) is 2. The maximum absolute atomic E-state index is 12.2. The Morgan fingerprint density at radius 1 is 1.25 bits per heavy atom. The van der Waals surface area contributed by atoms with Crippen molar-refractivity contribution in [2.75, 3.05) is 11.1 Å². The highest BCUT2D eigenvalue weighted by atomic mass is 35.5. The van der Waals surface area contributed by atoms with Gasteiger partial charge in [0.05, 0.1) is 10.7 Å². The van der Waals surface area contributed by atoms with Crippen molar-refractivity contribution in [3.8, 4) is 0 Å². The fraction of sp³-hybridized carbons (Fsp3) is 0.0588. The smallest absolute Gasteiger partial charge is 0.294 e. The molecule has 1 amide bonds. The van der Waals surface area contributed by atoms with Crippen LogP contribution in [0.3, 0.4) is 0 Å². The number of carbonyl (C=O) groups is 1. The molecule has 9 nitrogen and oxygen atoms in total. The summed E-state index contributed by atoms with van der Waals surface area (Å²) in [6.45, 7) is 0. The number of para-hydroxylation sites is 1. The van der Waals surface area contributed by atoms with Gasteiger partial charge in [-0.25, -0.2) is 4.98 Å². The summed E-state index contributed by atoms with van der Waals surface area (Å²) in [5.74, 6) is -0.469. The first kappa shape index (κ1) is 18.1. The SMILES string of the molecule is O=C(CSc1nnc2c(n1)[nH]c1ccccc12)Nc1ccc(Cl)cc1[N+](=O)[O-]. The molecule has 0 spiro atoms. The van der Waals surface area contributed by atoms with Crippen LogP contribution in [-0.2, 0) is 4.79 Å². The number of nitrogens with zero attached hydrogens (tertiary/aromatic N) is 4. The fourth-order valence-corrected chi connectivity index (χ4v) is 3.40. The largest absolute Gasteiger partial charge is 0.338 e. The zero-order valence-corrected chi connectivity index (χ0v) is 15.6. The van der Waals surface area contributed by atoms with Crippen molar-refractivity contribution < 1.29 is 9.72 Å². The number of amides is 1. The molecule has 0 aliphatic heterocycles. The Balaban J connectivity index is 1.48. The summed E-state index contributed by atoms with van der Waals surface area (Å²) in [4.78, 5) is 30.2. The van der Waals surface area contributed by atoms with Crippen molar-refractivity contribution in [1.29, 1.82) is 0 Å². The second-order valence-electron chi connectivity index (χ2n) is 5.72. The second-order valence-corrected chi connectivity index (χ2v) is 7.10. The first-order valence-electron chi connectivity index (χ1n) is 7.99. The third-order valence-corrected chi connectivity index (χ3v) is 4.94. The molecule has 0 radical (unpaired) electrons. The van der Waals surface area contributed by atoms with E-state index in [2.05, 4.69) is 25.5 Å². The molecule has 4 rings (SSSR count). The third kappa shape index (κ3) is 3.59. The summed E-state index contributed by atoms with van der Waals surface area (Å²) < 4.78 is 0. The molecule has 28 heavy (non-hydrogen) atoms. The molecule has 2 N–H and O–H groups in total. The predicted molar refractivity (Wildman–Crippen MR) is 107 cm³/mol. The third-order valence-electron chi connectivity index (χ3n) is 3.87. The molecule has 0 aliphatic carbocycles. The molecule has 0 fully saturated rings. The number of rotatable bonds is 5. The van der Waals surface area contributed by atoms with Crippen LogP contribution in [-0.4, -0.2) is 36.7 Å². The van der Waals surface area contributed by atoms with E-state index in [1.165, 1.54) is 18.2 Å². The van der Waals surface area contributed by atoms with Crippen LogP contribution in [0.15, 0.2) is 47.6 Å². The highest BCUT2D eigenvalue weighted by molar-refractivity contribution is 7.99. The number of benzene rings is 2. The fourth-order valence-electron chi connectivity index (χ4n) is 2.64. The summed E-state index contributed by atoms with van der Waals surface area (Å²) in [6, 6.07) is 11.7. The number of hydrogen-bond acceptors (Lipinski definition) is 7. The van der Waals surface area contributed by atoms with E-state index < -0.39 is 10.8 Å². The Morgan fingerprint density at radius 2 is 2.07 bits per heavy atom. The number of halogens is 1. The van der Waals surface area contributed by atoms with Crippen LogP contribution in [0, 0.1) is 10.1 Å². The van der Waals surface area contributed by atoms with Crippen LogP contribution in [0.1, 0.15) is 0 Å². The normalized spacial score (nSPS) is 11.0. The predicted octanol–water partition coefficient (Wildman–Crippen LogP) is 3.80. The summed E-state index contributed by atoms with van der Waals surface area (Å²) in [7, 11) is 0.